The van der Waals surface area contributed by atoms with Gasteiger partial charge in [-0.25, -0.2) is 0 Å². The zero-order chi connectivity index (χ0) is 16.9. The summed E-state index contributed by atoms with van der Waals surface area (Å²) >= 11 is 0. The molecule has 0 spiro atoms. The molecular weight excluding hydrogens is 327 g/mol. The molecule has 0 bridgehead atoms. The Kier molecular flexibility index (Phi) is 5.54. The summed E-state index contributed by atoms with van der Waals surface area (Å²) in [5, 5.41) is 18.4. The SMILES string of the molecule is O=S(=O)(F)Oc1ccc(COc2ccc(CO)cc2CO)cc1. The van der Waals surface area contributed by atoms with Crippen LogP contribution in [0.1, 0.15) is 16.7 Å². The van der Waals surface area contributed by atoms with Gasteiger partial charge in [0.05, 0.1) is 13.2 Å². The maximum Gasteiger partial charge on any atom is 0.488 e. The topological polar surface area (TPSA) is 93.1 Å². The van der Waals surface area contributed by atoms with Gasteiger partial charge in [-0.3, -0.25) is 0 Å². The molecule has 0 radical (unpaired) electrons. The summed E-state index contributed by atoms with van der Waals surface area (Å²) in [6.07, 6.45) is 0. The lowest BCUT2D eigenvalue weighted by Crippen LogP contribution is -2.02. The number of rotatable bonds is 7. The van der Waals surface area contributed by atoms with Gasteiger partial charge in [-0.05, 0) is 35.4 Å². The molecule has 0 saturated heterocycles. The molecule has 0 unspecified atom stereocenters. The van der Waals surface area contributed by atoms with Gasteiger partial charge in [0.2, 0.25) is 0 Å². The fourth-order valence-corrected chi connectivity index (χ4v) is 2.25. The molecule has 0 heterocycles. The maximum absolute atomic E-state index is 12.4. The maximum atomic E-state index is 12.4. The lowest BCUT2D eigenvalue weighted by Gasteiger charge is -2.11. The first-order valence-corrected chi connectivity index (χ1v) is 7.91. The molecule has 0 fully saturated rings. The van der Waals surface area contributed by atoms with E-state index in [9.17, 15) is 17.4 Å². The quantitative estimate of drug-likeness (QED) is 0.746. The molecule has 2 rings (SSSR count). The van der Waals surface area contributed by atoms with E-state index in [0.29, 0.717) is 22.4 Å². The van der Waals surface area contributed by atoms with Gasteiger partial charge in [0.1, 0.15) is 18.1 Å². The van der Waals surface area contributed by atoms with E-state index in [4.69, 9.17) is 9.84 Å². The lowest BCUT2D eigenvalue weighted by atomic mass is 10.1. The van der Waals surface area contributed by atoms with Crippen LogP contribution in [0, 0.1) is 0 Å². The summed E-state index contributed by atoms with van der Waals surface area (Å²) in [5.74, 6) is 0.330. The molecule has 2 aromatic carbocycles. The van der Waals surface area contributed by atoms with Crippen LogP contribution in [0.3, 0.4) is 0 Å². The Labute approximate surface area is 133 Å². The summed E-state index contributed by atoms with van der Waals surface area (Å²) < 4.78 is 42.8. The van der Waals surface area contributed by atoms with Crippen LogP contribution >= 0.6 is 0 Å². The molecule has 0 aliphatic heterocycles. The van der Waals surface area contributed by atoms with Crippen LogP contribution in [0.15, 0.2) is 42.5 Å². The van der Waals surface area contributed by atoms with E-state index in [1.165, 1.54) is 24.3 Å². The number of halogens is 1. The average Bonchev–Trinajstić information content (AvgIpc) is 2.52. The van der Waals surface area contributed by atoms with E-state index < -0.39 is 10.5 Å². The van der Waals surface area contributed by atoms with Crippen LogP contribution in [0.25, 0.3) is 0 Å². The van der Waals surface area contributed by atoms with Crippen LogP contribution in [0.2, 0.25) is 0 Å². The third-order valence-corrected chi connectivity index (χ3v) is 3.38. The van der Waals surface area contributed by atoms with Crippen molar-refractivity contribution in [2.24, 2.45) is 0 Å². The molecule has 0 aliphatic rings. The first-order valence-electron chi connectivity index (χ1n) is 6.60. The summed E-state index contributed by atoms with van der Waals surface area (Å²) in [4.78, 5) is 0. The van der Waals surface area contributed by atoms with E-state index in [2.05, 4.69) is 4.18 Å². The zero-order valence-electron chi connectivity index (χ0n) is 12.0. The number of benzene rings is 2. The van der Waals surface area contributed by atoms with Gasteiger partial charge in [0, 0.05) is 5.56 Å². The minimum absolute atomic E-state index is 0.133. The Balaban J connectivity index is 2.03. The fraction of sp³-hybridized carbons (Fsp3) is 0.200. The molecule has 23 heavy (non-hydrogen) atoms. The largest absolute Gasteiger partial charge is 0.489 e. The Morgan fingerprint density at radius 1 is 0.957 bits per heavy atom. The van der Waals surface area contributed by atoms with Gasteiger partial charge in [-0.15, -0.1) is 0 Å². The van der Waals surface area contributed by atoms with Crippen molar-refractivity contribution in [2.45, 2.75) is 19.8 Å². The molecule has 2 aromatic rings. The normalized spacial score (nSPS) is 11.3. The van der Waals surface area contributed by atoms with Crippen LogP contribution in [0.5, 0.6) is 11.5 Å². The number of hydrogen-bond donors (Lipinski definition) is 2. The van der Waals surface area contributed by atoms with Crippen molar-refractivity contribution in [3.05, 3.63) is 59.2 Å². The Hall–Kier alpha value is -2.16. The highest BCUT2D eigenvalue weighted by atomic mass is 32.3. The fourth-order valence-electron chi connectivity index (χ4n) is 1.91. The third kappa shape index (κ3) is 5.20. The van der Waals surface area contributed by atoms with E-state index in [1.54, 1.807) is 18.2 Å². The van der Waals surface area contributed by atoms with Crippen molar-refractivity contribution in [3.8, 4) is 11.5 Å². The van der Waals surface area contributed by atoms with Gasteiger partial charge < -0.3 is 19.1 Å². The standard InChI is InChI=1S/C15H15FO6S/c16-23(19,20)22-14-4-1-11(2-5-14)10-21-15-6-3-12(8-17)7-13(15)9-18/h1-7,17-18H,8-10H2. The van der Waals surface area contributed by atoms with Crippen molar-refractivity contribution in [2.75, 3.05) is 0 Å². The summed E-state index contributed by atoms with van der Waals surface area (Å²) in [6.45, 7) is -0.204. The zero-order valence-corrected chi connectivity index (χ0v) is 12.8. The number of aliphatic hydroxyl groups is 2. The molecule has 0 amide bonds. The Morgan fingerprint density at radius 2 is 1.61 bits per heavy atom. The molecule has 0 aliphatic carbocycles. The first-order chi connectivity index (χ1) is 10.9. The number of ether oxygens (including phenoxy) is 1. The molecule has 6 nitrogen and oxygen atoms in total. The molecule has 0 saturated carbocycles. The average molecular weight is 342 g/mol. The molecule has 124 valence electrons. The minimum atomic E-state index is -5.04. The second-order valence-electron chi connectivity index (χ2n) is 4.67. The van der Waals surface area contributed by atoms with Crippen molar-refractivity contribution < 1.29 is 31.4 Å². The highest BCUT2D eigenvalue weighted by Gasteiger charge is 2.09. The van der Waals surface area contributed by atoms with Crippen molar-refractivity contribution in [1.29, 1.82) is 0 Å². The van der Waals surface area contributed by atoms with Crippen LogP contribution in [0.4, 0.5) is 3.89 Å². The smallest absolute Gasteiger partial charge is 0.488 e. The summed E-state index contributed by atoms with van der Waals surface area (Å²) in [6, 6.07) is 10.6. The monoisotopic (exact) mass is 342 g/mol. The lowest BCUT2D eigenvalue weighted by molar-refractivity contribution is 0.256. The predicted octanol–water partition coefficient (Wildman–Crippen LogP) is 1.84. The number of hydrogen-bond acceptors (Lipinski definition) is 6. The van der Waals surface area contributed by atoms with E-state index in [-0.39, 0.29) is 25.6 Å². The highest BCUT2D eigenvalue weighted by molar-refractivity contribution is 7.81. The van der Waals surface area contributed by atoms with Crippen molar-refractivity contribution in [1.82, 2.24) is 0 Å². The van der Waals surface area contributed by atoms with E-state index in [1.807, 2.05) is 0 Å². The molecule has 0 atom stereocenters. The van der Waals surface area contributed by atoms with Crippen LogP contribution in [-0.2, 0) is 30.3 Å². The Bertz CT molecular complexity index is 758. The van der Waals surface area contributed by atoms with Crippen LogP contribution < -0.4 is 8.92 Å². The van der Waals surface area contributed by atoms with Crippen LogP contribution in [-0.4, -0.2) is 18.6 Å². The molecule has 8 heteroatoms. The van der Waals surface area contributed by atoms with Crippen molar-refractivity contribution in [3.63, 3.8) is 0 Å². The highest BCUT2D eigenvalue weighted by Crippen LogP contribution is 2.22. The number of aliphatic hydroxyl groups excluding tert-OH is 2. The second kappa shape index (κ2) is 7.40. The minimum Gasteiger partial charge on any atom is -0.489 e. The van der Waals surface area contributed by atoms with E-state index >= 15 is 0 Å². The van der Waals surface area contributed by atoms with E-state index in [0.717, 1.165) is 0 Å². The van der Waals surface area contributed by atoms with Gasteiger partial charge in [-0.1, -0.05) is 22.1 Å². The van der Waals surface area contributed by atoms with Gasteiger partial charge in [0.15, 0.2) is 0 Å². The predicted molar refractivity (Wildman–Crippen MR) is 79.7 cm³/mol. The van der Waals surface area contributed by atoms with Gasteiger partial charge in [0.25, 0.3) is 0 Å². The Morgan fingerprint density at radius 3 is 2.17 bits per heavy atom. The summed E-state index contributed by atoms with van der Waals surface area (Å²) in [5.41, 5.74) is 1.90. The molecule has 0 aromatic heterocycles. The van der Waals surface area contributed by atoms with Crippen molar-refractivity contribution >= 4 is 10.5 Å². The first kappa shape index (κ1) is 17.2. The summed E-state index contributed by atoms with van der Waals surface area (Å²) in [7, 11) is -5.04. The second-order valence-corrected chi connectivity index (χ2v) is 5.62. The molecular formula is C15H15FO6S. The third-order valence-electron chi connectivity index (χ3n) is 2.99. The van der Waals surface area contributed by atoms with Gasteiger partial charge in [-0.2, -0.15) is 8.42 Å². The molecule has 2 N–H and O–H groups in total. The van der Waals surface area contributed by atoms with Gasteiger partial charge >= 0.3 is 10.5 Å².